The summed E-state index contributed by atoms with van der Waals surface area (Å²) in [5, 5.41) is 12.3. The molecule has 0 bridgehead atoms. The molecule has 13 heteroatoms. The number of ether oxygens (including phenoxy) is 3. The Hall–Kier alpha value is -3.32. The van der Waals surface area contributed by atoms with Gasteiger partial charge in [-0.1, -0.05) is 5.16 Å². The van der Waals surface area contributed by atoms with Crippen LogP contribution in [0.25, 0.3) is 11.4 Å². The number of hydrogen-bond acceptors (Lipinski definition) is 10. The molecule has 3 heterocycles. The van der Waals surface area contributed by atoms with Gasteiger partial charge < -0.3 is 34.7 Å². The molecular weight excluding hydrogens is 502 g/mol. The number of rotatable bonds is 4. The minimum Gasteiger partial charge on any atom is -0.444 e. The molecule has 4 rings (SSSR count). The Balaban J connectivity index is 1.47. The number of carbonyl (C=O) groups excluding carboxylic acids is 3. The Morgan fingerprint density at radius 2 is 1.78 bits per heavy atom. The van der Waals surface area contributed by atoms with Crippen LogP contribution < -0.4 is 16.0 Å². The van der Waals surface area contributed by atoms with E-state index in [0.717, 1.165) is 4.90 Å². The maximum absolute atomic E-state index is 12.8. The maximum Gasteiger partial charge on any atom is 0.408 e. The number of benzene rings is 1. The highest BCUT2D eigenvalue weighted by atomic mass is 32.2. The number of carbonyl (C=O) groups is 3. The van der Waals surface area contributed by atoms with Gasteiger partial charge in [0, 0.05) is 16.2 Å². The number of anilines is 1. The average Bonchev–Trinajstić information content (AvgIpc) is 3.16. The number of hydrogen-bond donors (Lipinski definition) is 3. The highest BCUT2D eigenvalue weighted by Gasteiger charge is 2.48. The first-order chi connectivity index (χ1) is 17.2. The smallest absolute Gasteiger partial charge is 0.408 e. The van der Waals surface area contributed by atoms with Crippen LogP contribution in [0.4, 0.5) is 15.3 Å². The summed E-state index contributed by atoms with van der Waals surface area (Å²) in [7, 11) is 0. The predicted molar refractivity (Wildman–Crippen MR) is 134 cm³/mol. The van der Waals surface area contributed by atoms with Crippen molar-refractivity contribution in [2.75, 3.05) is 24.3 Å². The summed E-state index contributed by atoms with van der Waals surface area (Å²) in [4.78, 5) is 42.6. The van der Waals surface area contributed by atoms with E-state index < -0.39 is 35.0 Å². The van der Waals surface area contributed by atoms with E-state index >= 15 is 0 Å². The van der Waals surface area contributed by atoms with E-state index in [2.05, 4.69) is 26.1 Å². The van der Waals surface area contributed by atoms with Gasteiger partial charge in [0.1, 0.15) is 17.2 Å². The highest BCUT2D eigenvalue weighted by molar-refractivity contribution is 7.99. The topological polar surface area (TPSA) is 154 Å². The van der Waals surface area contributed by atoms with Gasteiger partial charge in [-0.05, 0) is 59.7 Å². The van der Waals surface area contributed by atoms with Gasteiger partial charge in [0.05, 0.1) is 18.9 Å². The standard InChI is InChI=1S/C24H31N5O7S/c1-22(2,3)34-20(31)26-15-10-37-16-8-7-13(9-14(16)25-18(15)30)17-27-19(36-29-17)24(11-33-12-24)28-21(32)35-23(4,5)6/h7-9,15H,10-12H2,1-6H3,(H,25,30)(H,26,31)(H,28,32)/t15-/m0/s1. The summed E-state index contributed by atoms with van der Waals surface area (Å²) in [6, 6.07) is 4.60. The summed E-state index contributed by atoms with van der Waals surface area (Å²) >= 11 is 1.42. The van der Waals surface area contributed by atoms with E-state index in [0.29, 0.717) is 17.0 Å². The third kappa shape index (κ3) is 6.52. The van der Waals surface area contributed by atoms with Crippen LogP contribution in [-0.2, 0) is 24.5 Å². The molecule has 200 valence electrons. The van der Waals surface area contributed by atoms with Crippen molar-refractivity contribution in [3.05, 3.63) is 24.1 Å². The number of amides is 3. The summed E-state index contributed by atoms with van der Waals surface area (Å²) in [5.74, 6) is 0.439. The lowest BCUT2D eigenvalue weighted by atomic mass is 9.97. The number of nitrogens with one attached hydrogen (secondary N) is 3. The lowest BCUT2D eigenvalue weighted by Crippen LogP contribution is -2.60. The van der Waals surface area contributed by atoms with Gasteiger partial charge in [-0.25, -0.2) is 9.59 Å². The van der Waals surface area contributed by atoms with Gasteiger partial charge in [-0.2, -0.15) is 4.98 Å². The first kappa shape index (κ1) is 26.7. The van der Waals surface area contributed by atoms with Gasteiger partial charge in [0.25, 0.3) is 5.89 Å². The van der Waals surface area contributed by atoms with Crippen LogP contribution in [0, 0.1) is 0 Å². The third-order valence-electron chi connectivity index (χ3n) is 5.18. The Morgan fingerprint density at radius 3 is 2.41 bits per heavy atom. The average molecular weight is 534 g/mol. The molecule has 0 spiro atoms. The molecule has 12 nitrogen and oxygen atoms in total. The highest BCUT2D eigenvalue weighted by Crippen LogP contribution is 2.35. The summed E-state index contributed by atoms with van der Waals surface area (Å²) in [6.45, 7) is 10.9. The minimum absolute atomic E-state index is 0.163. The zero-order valence-corrected chi connectivity index (χ0v) is 22.4. The molecule has 1 aromatic carbocycles. The quantitative estimate of drug-likeness (QED) is 0.532. The Kier molecular flexibility index (Phi) is 7.12. The van der Waals surface area contributed by atoms with Crippen molar-refractivity contribution in [2.45, 2.75) is 69.2 Å². The normalized spacial score (nSPS) is 19.0. The molecule has 1 fully saturated rings. The fourth-order valence-electron chi connectivity index (χ4n) is 3.51. The Morgan fingerprint density at radius 1 is 1.11 bits per heavy atom. The monoisotopic (exact) mass is 533 g/mol. The van der Waals surface area contributed by atoms with Crippen molar-refractivity contribution in [3.63, 3.8) is 0 Å². The van der Waals surface area contributed by atoms with E-state index in [4.69, 9.17) is 18.7 Å². The molecule has 1 saturated heterocycles. The van der Waals surface area contributed by atoms with Gasteiger partial charge in [-0.15, -0.1) is 11.8 Å². The number of aromatic nitrogens is 2. The second-order valence-corrected chi connectivity index (χ2v) is 11.9. The summed E-state index contributed by atoms with van der Waals surface area (Å²) in [5.41, 5.74) is -1.17. The van der Waals surface area contributed by atoms with Crippen molar-refractivity contribution < 1.29 is 33.1 Å². The van der Waals surface area contributed by atoms with Crippen molar-refractivity contribution >= 4 is 35.5 Å². The van der Waals surface area contributed by atoms with E-state index in [1.807, 2.05) is 6.07 Å². The lowest BCUT2D eigenvalue weighted by molar-refractivity contribution is -0.117. The van der Waals surface area contributed by atoms with Crippen molar-refractivity contribution in [2.24, 2.45) is 0 Å². The number of alkyl carbamates (subject to hydrolysis) is 2. The number of nitrogens with zero attached hydrogens (tertiary/aromatic N) is 2. The SMILES string of the molecule is CC(C)(C)OC(=O)N[C@H]1CSc2ccc(-c3noc(C4(NC(=O)OC(C)(C)C)COC4)n3)cc2NC1=O. The van der Waals surface area contributed by atoms with E-state index in [-0.39, 0.29) is 30.8 Å². The van der Waals surface area contributed by atoms with Gasteiger partial charge in [0.15, 0.2) is 5.54 Å². The minimum atomic E-state index is -0.982. The zero-order chi connectivity index (χ0) is 27.0. The molecule has 0 saturated carbocycles. The molecule has 3 N–H and O–H groups in total. The molecule has 2 aromatic rings. The Bertz CT molecular complexity index is 1200. The summed E-state index contributed by atoms with van der Waals surface area (Å²) < 4.78 is 21.4. The summed E-state index contributed by atoms with van der Waals surface area (Å²) in [6.07, 6.45) is -1.28. The van der Waals surface area contributed by atoms with Crippen LogP contribution in [0.1, 0.15) is 47.4 Å². The Labute approximate surface area is 218 Å². The molecule has 1 atom stereocenters. The fourth-order valence-corrected chi connectivity index (χ4v) is 4.52. The van der Waals surface area contributed by atoms with Crippen LogP contribution >= 0.6 is 11.8 Å². The number of thioether (sulfide) groups is 1. The molecule has 0 radical (unpaired) electrons. The fraction of sp³-hybridized carbons (Fsp3) is 0.542. The van der Waals surface area contributed by atoms with E-state index in [9.17, 15) is 14.4 Å². The van der Waals surface area contributed by atoms with Crippen LogP contribution in [0.3, 0.4) is 0 Å². The molecular formula is C24H31N5O7S. The first-order valence-corrected chi connectivity index (χ1v) is 12.7. The molecule has 2 aliphatic rings. The van der Waals surface area contributed by atoms with Crippen molar-refractivity contribution in [3.8, 4) is 11.4 Å². The lowest BCUT2D eigenvalue weighted by Gasteiger charge is -2.38. The van der Waals surface area contributed by atoms with Gasteiger partial charge >= 0.3 is 12.2 Å². The van der Waals surface area contributed by atoms with Crippen LogP contribution in [0.2, 0.25) is 0 Å². The maximum atomic E-state index is 12.8. The van der Waals surface area contributed by atoms with Crippen molar-refractivity contribution in [1.82, 2.24) is 20.8 Å². The first-order valence-electron chi connectivity index (χ1n) is 11.7. The zero-order valence-electron chi connectivity index (χ0n) is 21.6. The largest absolute Gasteiger partial charge is 0.444 e. The third-order valence-corrected chi connectivity index (χ3v) is 6.35. The van der Waals surface area contributed by atoms with Crippen molar-refractivity contribution in [1.29, 1.82) is 0 Å². The predicted octanol–water partition coefficient (Wildman–Crippen LogP) is 3.42. The van der Waals surface area contributed by atoms with E-state index in [1.54, 1.807) is 53.7 Å². The molecule has 3 amide bonds. The molecule has 0 unspecified atom stereocenters. The number of fused-ring (bicyclic) bond motifs is 1. The van der Waals surface area contributed by atoms with E-state index in [1.165, 1.54) is 11.8 Å². The van der Waals surface area contributed by atoms with Gasteiger partial charge in [-0.3, -0.25) is 4.79 Å². The van der Waals surface area contributed by atoms with Crippen LogP contribution in [0.5, 0.6) is 0 Å². The molecule has 2 aliphatic heterocycles. The van der Waals surface area contributed by atoms with Crippen LogP contribution in [-0.4, -0.2) is 64.4 Å². The molecule has 1 aromatic heterocycles. The molecule has 37 heavy (non-hydrogen) atoms. The second-order valence-electron chi connectivity index (χ2n) is 10.8. The molecule has 0 aliphatic carbocycles. The second kappa shape index (κ2) is 9.86. The van der Waals surface area contributed by atoms with Gasteiger partial charge in [0.2, 0.25) is 11.7 Å². The van der Waals surface area contributed by atoms with Crippen LogP contribution in [0.15, 0.2) is 27.6 Å².